The Hall–Kier alpha value is -0.970. The normalized spacial score (nSPS) is 43.1. The number of thioether (sulfide) groups is 1. The van der Waals surface area contributed by atoms with Crippen molar-refractivity contribution >= 4 is 23.6 Å². The van der Waals surface area contributed by atoms with Crippen molar-refractivity contribution in [2.45, 2.75) is 90.0 Å². The van der Waals surface area contributed by atoms with E-state index in [1.165, 1.54) is 25.7 Å². The fourth-order valence-corrected chi connectivity index (χ4v) is 8.14. The number of nitrogens with one attached hydrogen (secondary N) is 1. The molecular weight excluding hydrogens is 392 g/mol. The van der Waals surface area contributed by atoms with Gasteiger partial charge in [-0.2, -0.15) is 0 Å². The van der Waals surface area contributed by atoms with Crippen molar-refractivity contribution in [3.05, 3.63) is 12.2 Å². The molecule has 0 aromatic rings. The summed E-state index contributed by atoms with van der Waals surface area (Å²) in [6, 6.07) is 0.653. The Morgan fingerprint density at radius 1 is 1.17 bits per heavy atom. The van der Waals surface area contributed by atoms with Crippen molar-refractivity contribution in [3.63, 3.8) is 0 Å². The van der Waals surface area contributed by atoms with Gasteiger partial charge in [0.05, 0.1) is 5.75 Å². The van der Waals surface area contributed by atoms with Gasteiger partial charge >= 0.3 is 0 Å². The van der Waals surface area contributed by atoms with Crippen molar-refractivity contribution in [2.24, 2.45) is 28.6 Å². The molecule has 0 aromatic carbocycles. The lowest BCUT2D eigenvalue weighted by Gasteiger charge is -2.60. The Balaban J connectivity index is 1.48. The van der Waals surface area contributed by atoms with Crippen molar-refractivity contribution in [2.75, 3.05) is 12.8 Å². The van der Waals surface area contributed by atoms with Crippen LogP contribution in [-0.2, 0) is 9.59 Å². The first-order valence-electron chi connectivity index (χ1n) is 11.8. The third-order valence-corrected chi connectivity index (χ3v) is 10.4. The maximum atomic E-state index is 12.7. The number of fused-ring (bicyclic) bond motifs is 5. The lowest BCUT2D eigenvalue weighted by Crippen LogP contribution is -2.60. The first-order chi connectivity index (χ1) is 14.0. The molecule has 2 amide bonds. The third kappa shape index (κ3) is 3.63. The van der Waals surface area contributed by atoms with E-state index in [9.17, 15) is 9.59 Å². The molecule has 3 aliphatic carbocycles. The van der Waals surface area contributed by atoms with Crippen LogP contribution in [0.25, 0.3) is 0 Å². The molecule has 1 N–H and O–H groups in total. The van der Waals surface area contributed by atoms with Crippen molar-refractivity contribution in [3.8, 4) is 0 Å². The fourth-order valence-electron chi connectivity index (χ4n) is 7.49. The van der Waals surface area contributed by atoms with Crippen LogP contribution in [0.15, 0.2) is 12.2 Å². The monoisotopic (exact) mass is 432 g/mol. The summed E-state index contributed by atoms with van der Waals surface area (Å²) in [6.45, 7) is 11.3. The van der Waals surface area contributed by atoms with Gasteiger partial charge in [-0.15, -0.1) is 11.8 Å². The molecule has 30 heavy (non-hydrogen) atoms. The van der Waals surface area contributed by atoms with Crippen molar-refractivity contribution < 1.29 is 9.59 Å². The maximum absolute atomic E-state index is 12.7. The van der Waals surface area contributed by atoms with Crippen LogP contribution in [0.3, 0.4) is 0 Å². The summed E-state index contributed by atoms with van der Waals surface area (Å²) in [5.41, 5.74) is 0.310. The second-order valence-corrected chi connectivity index (χ2v) is 13.6. The number of carbonyl (C=O) groups is 2. The van der Waals surface area contributed by atoms with E-state index >= 15 is 0 Å². The Bertz CT molecular complexity index is 744. The van der Waals surface area contributed by atoms with Crippen LogP contribution in [0.5, 0.6) is 0 Å². The minimum absolute atomic E-state index is 0.0948. The van der Waals surface area contributed by atoms with Gasteiger partial charge in [0.25, 0.3) is 0 Å². The van der Waals surface area contributed by atoms with Gasteiger partial charge in [0.15, 0.2) is 0 Å². The average molecular weight is 433 g/mol. The van der Waals surface area contributed by atoms with Crippen LogP contribution in [-0.4, -0.2) is 46.3 Å². The molecule has 4 rings (SSSR count). The largest absolute Gasteiger partial charge is 0.352 e. The summed E-state index contributed by atoms with van der Waals surface area (Å²) >= 11 is 1.73. The van der Waals surface area contributed by atoms with Gasteiger partial charge in [-0.25, -0.2) is 0 Å². The van der Waals surface area contributed by atoms with E-state index < -0.39 is 0 Å². The number of nitrogens with zero attached hydrogens (tertiary/aromatic N) is 1. The molecule has 1 heterocycles. The molecule has 3 saturated carbocycles. The van der Waals surface area contributed by atoms with Gasteiger partial charge in [0.2, 0.25) is 11.8 Å². The Labute approximate surface area is 187 Å². The number of carbonyl (C=O) groups excluding carboxylic acids is 2. The molecule has 0 saturated heterocycles. The predicted molar refractivity (Wildman–Crippen MR) is 124 cm³/mol. The van der Waals surface area contributed by atoms with E-state index in [-0.39, 0.29) is 27.4 Å². The summed E-state index contributed by atoms with van der Waals surface area (Å²) in [6.07, 6.45) is 11.1. The maximum Gasteiger partial charge on any atom is 0.246 e. The van der Waals surface area contributed by atoms with Gasteiger partial charge in [0, 0.05) is 29.3 Å². The lowest BCUT2D eigenvalue weighted by molar-refractivity contribution is -0.138. The number of hydrogen-bond acceptors (Lipinski definition) is 3. The standard InChI is InChI=1S/C25H40N2O2S/c1-23(2,3)30-15-21(28)26-19-9-8-17-16-7-10-20-25(5,14-12-22(29)27(20)6)18(16)11-13-24(17,19)4/h12,14,16-20H,7-11,13,15H2,1-6H3,(H,26,28)/t16-,17-,18-,19?,20+,24-,25+/m0/s1. The van der Waals surface area contributed by atoms with Crippen LogP contribution >= 0.6 is 11.8 Å². The number of amides is 2. The topological polar surface area (TPSA) is 49.4 Å². The summed E-state index contributed by atoms with van der Waals surface area (Å²) in [5.74, 6) is 2.96. The molecule has 7 atom stereocenters. The molecule has 1 unspecified atom stereocenters. The van der Waals surface area contributed by atoms with E-state index in [0.29, 0.717) is 35.6 Å². The molecular formula is C25H40N2O2S. The average Bonchev–Trinajstić information content (AvgIpc) is 2.99. The molecule has 0 bridgehead atoms. The number of likely N-dealkylation sites (N-methyl/N-ethyl adjacent to an activating group) is 1. The minimum Gasteiger partial charge on any atom is -0.352 e. The first-order valence-corrected chi connectivity index (χ1v) is 12.8. The molecule has 0 radical (unpaired) electrons. The minimum atomic E-state index is 0.0948. The van der Waals surface area contributed by atoms with Crippen LogP contribution in [0.1, 0.15) is 73.1 Å². The molecule has 3 fully saturated rings. The molecule has 4 aliphatic rings. The van der Waals surface area contributed by atoms with Gasteiger partial charge in [0.1, 0.15) is 0 Å². The third-order valence-electron chi connectivity index (χ3n) is 9.10. The Kier molecular flexibility index (Phi) is 5.61. The summed E-state index contributed by atoms with van der Waals surface area (Å²) in [5, 5.41) is 3.44. The van der Waals surface area contributed by atoms with Crippen molar-refractivity contribution in [1.82, 2.24) is 10.2 Å². The molecule has 4 nitrogen and oxygen atoms in total. The quantitative estimate of drug-likeness (QED) is 0.707. The zero-order valence-corrected chi connectivity index (χ0v) is 20.5. The van der Waals surface area contributed by atoms with Crippen LogP contribution in [0.4, 0.5) is 0 Å². The Morgan fingerprint density at radius 3 is 2.60 bits per heavy atom. The number of rotatable bonds is 3. The van der Waals surface area contributed by atoms with Gasteiger partial charge in [-0.05, 0) is 67.8 Å². The number of hydrogen-bond donors (Lipinski definition) is 1. The van der Waals surface area contributed by atoms with E-state index in [0.717, 1.165) is 12.8 Å². The first kappa shape index (κ1) is 22.2. The van der Waals surface area contributed by atoms with Crippen LogP contribution in [0.2, 0.25) is 0 Å². The molecule has 0 aromatic heterocycles. The van der Waals surface area contributed by atoms with Gasteiger partial charge < -0.3 is 10.2 Å². The summed E-state index contributed by atoms with van der Waals surface area (Å²) < 4.78 is 0.119. The second kappa shape index (κ2) is 7.56. The molecule has 5 heteroatoms. The highest BCUT2D eigenvalue weighted by molar-refractivity contribution is 8.01. The zero-order chi connectivity index (χ0) is 21.9. The highest BCUT2D eigenvalue weighted by Crippen LogP contribution is 2.63. The summed E-state index contributed by atoms with van der Waals surface area (Å²) in [4.78, 5) is 26.9. The molecule has 168 valence electrons. The predicted octanol–water partition coefficient (Wildman–Crippen LogP) is 4.64. The highest BCUT2D eigenvalue weighted by atomic mass is 32.2. The van der Waals surface area contributed by atoms with Crippen molar-refractivity contribution in [1.29, 1.82) is 0 Å². The van der Waals surface area contributed by atoms with Crippen LogP contribution in [0, 0.1) is 28.6 Å². The van der Waals surface area contributed by atoms with E-state index in [2.05, 4.69) is 46.0 Å². The second-order valence-electron chi connectivity index (χ2n) is 11.8. The molecule has 1 aliphatic heterocycles. The van der Waals surface area contributed by atoms with E-state index in [1.807, 2.05) is 18.0 Å². The fraction of sp³-hybridized carbons (Fsp3) is 0.840. The molecule has 0 spiro atoms. The SMILES string of the molecule is CN1C(=O)C=C[C@]2(C)[C@H]3CC[C@]4(C)C(NC(=O)CSC(C)(C)C)CC[C@H]4[C@@H]3CC[C@@H]12. The Morgan fingerprint density at radius 2 is 1.90 bits per heavy atom. The van der Waals surface area contributed by atoms with E-state index in [4.69, 9.17) is 0 Å². The smallest absolute Gasteiger partial charge is 0.246 e. The van der Waals surface area contributed by atoms with Gasteiger partial charge in [-0.1, -0.05) is 40.7 Å². The zero-order valence-electron chi connectivity index (χ0n) is 19.7. The van der Waals surface area contributed by atoms with Gasteiger partial charge in [-0.3, -0.25) is 9.59 Å². The van der Waals surface area contributed by atoms with E-state index in [1.54, 1.807) is 11.8 Å². The summed E-state index contributed by atoms with van der Waals surface area (Å²) in [7, 11) is 1.98. The lowest BCUT2D eigenvalue weighted by atomic mass is 9.48. The highest BCUT2D eigenvalue weighted by Gasteiger charge is 2.60. The van der Waals surface area contributed by atoms with Crippen LogP contribution < -0.4 is 5.32 Å².